The lowest BCUT2D eigenvalue weighted by atomic mass is 10.1. The molecule has 0 spiro atoms. The van der Waals surface area contributed by atoms with Gasteiger partial charge in [-0.05, 0) is 37.5 Å². The summed E-state index contributed by atoms with van der Waals surface area (Å²) in [6.45, 7) is 7.70. The molecule has 1 aromatic rings. The number of hydrogen-bond donors (Lipinski definition) is 2. The molecule has 1 unspecified atom stereocenters. The summed E-state index contributed by atoms with van der Waals surface area (Å²) in [4.78, 5) is 11.9. The van der Waals surface area contributed by atoms with Crippen molar-refractivity contribution >= 4 is 17.3 Å². The van der Waals surface area contributed by atoms with Gasteiger partial charge in [0.15, 0.2) is 0 Å². The smallest absolute Gasteiger partial charge is 0.340 e. The van der Waals surface area contributed by atoms with Crippen molar-refractivity contribution in [2.45, 2.75) is 33.8 Å². The molecule has 0 bridgehead atoms. The van der Waals surface area contributed by atoms with Crippen molar-refractivity contribution in [2.75, 3.05) is 11.5 Å². The van der Waals surface area contributed by atoms with Gasteiger partial charge in [-0.1, -0.05) is 13.8 Å². The molecular weight excluding hydrogens is 216 g/mol. The summed E-state index contributed by atoms with van der Waals surface area (Å²) in [5, 5.41) is 0. The third-order valence-corrected chi connectivity index (χ3v) is 2.81. The minimum absolute atomic E-state index is 0.149. The molecule has 0 radical (unpaired) electrons. The Morgan fingerprint density at radius 2 is 1.82 bits per heavy atom. The topological polar surface area (TPSA) is 78.3 Å². The largest absolute Gasteiger partial charge is 0.459 e. The van der Waals surface area contributed by atoms with Crippen molar-refractivity contribution in [3.63, 3.8) is 0 Å². The van der Waals surface area contributed by atoms with Crippen molar-refractivity contribution < 1.29 is 9.53 Å². The van der Waals surface area contributed by atoms with Gasteiger partial charge in [-0.3, -0.25) is 0 Å². The van der Waals surface area contributed by atoms with Crippen molar-refractivity contribution in [2.24, 2.45) is 5.92 Å². The van der Waals surface area contributed by atoms with E-state index in [-0.39, 0.29) is 17.7 Å². The van der Waals surface area contributed by atoms with Gasteiger partial charge in [-0.15, -0.1) is 0 Å². The highest BCUT2D eigenvalue weighted by atomic mass is 16.5. The zero-order valence-corrected chi connectivity index (χ0v) is 10.8. The van der Waals surface area contributed by atoms with Crippen molar-refractivity contribution in [3.8, 4) is 0 Å². The van der Waals surface area contributed by atoms with Crippen LogP contribution in [-0.4, -0.2) is 12.1 Å². The Hall–Kier alpha value is -1.71. The number of carbonyl (C=O) groups is 1. The van der Waals surface area contributed by atoms with E-state index in [1.54, 1.807) is 12.1 Å². The van der Waals surface area contributed by atoms with Crippen molar-refractivity contribution in [1.29, 1.82) is 0 Å². The number of hydrogen-bond acceptors (Lipinski definition) is 4. The predicted molar refractivity (Wildman–Crippen MR) is 69.7 cm³/mol. The van der Waals surface area contributed by atoms with E-state index in [1.807, 2.05) is 27.7 Å². The molecule has 1 aromatic carbocycles. The van der Waals surface area contributed by atoms with Crippen LogP contribution in [0.25, 0.3) is 0 Å². The van der Waals surface area contributed by atoms with Gasteiger partial charge in [0.2, 0.25) is 0 Å². The third-order valence-electron chi connectivity index (χ3n) is 2.81. The van der Waals surface area contributed by atoms with E-state index in [0.29, 0.717) is 11.3 Å². The molecule has 0 aliphatic heterocycles. The SMILES string of the molecule is Cc1cc(N)c(N)c(C(=O)OC(C)C(C)C)c1. The molecule has 17 heavy (non-hydrogen) atoms. The quantitative estimate of drug-likeness (QED) is 0.623. The first-order valence-corrected chi connectivity index (χ1v) is 5.69. The lowest BCUT2D eigenvalue weighted by Crippen LogP contribution is -2.21. The first kappa shape index (κ1) is 13.4. The summed E-state index contributed by atoms with van der Waals surface area (Å²) >= 11 is 0. The summed E-state index contributed by atoms with van der Waals surface area (Å²) in [5.41, 5.74) is 13.4. The Bertz CT molecular complexity index is 428. The summed E-state index contributed by atoms with van der Waals surface area (Å²) in [7, 11) is 0. The van der Waals surface area contributed by atoms with E-state index >= 15 is 0 Å². The lowest BCUT2D eigenvalue weighted by molar-refractivity contribution is 0.0239. The maximum Gasteiger partial charge on any atom is 0.340 e. The van der Waals surface area contributed by atoms with Gasteiger partial charge in [0.05, 0.1) is 16.9 Å². The summed E-state index contributed by atoms with van der Waals surface area (Å²) in [6.07, 6.45) is -0.149. The van der Waals surface area contributed by atoms with Gasteiger partial charge < -0.3 is 16.2 Å². The van der Waals surface area contributed by atoms with Crippen molar-refractivity contribution in [3.05, 3.63) is 23.3 Å². The number of anilines is 2. The molecule has 4 nitrogen and oxygen atoms in total. The summed E-state index contributed by atoms with van der Waals surface area (Å²) in [6, 6.07) is 3.43. The molecule has 0 saturated carbocycles. The second-order valence-corrected chi connectivity index (χ2v) is 4.67. The van der Waals surface area contributed by atoms with Crippen LogP contribution in [0.2, 0.25) is 0 Å². The molecule has 0 saturated heterocycles. The van der Waals surface area contributed by atoms with E-state index in [0.717, 1.165) is 5.56 Å². The number of nitrogen functional groups attached to an aromatic ring is 2. The normalized spacial score (nSPS) is 12.5. The van der Waals surface area contributed by atoms with E-state index in [4.69, 9.17) is 16.2 Å². The van der Waals surface area contributed by atoms with E-state index < -0.39 is 5.97 Å². The lowest BCUT2D eigenvalue weighted by Gasteiger charge is -2.17. The minimum atomic E-state index is -0.417. The van der Waals surface area contributed by atoms with Gasteiger partial charge in [0.1, 0.15) is 6.10 Å². The number of rotatable bonds is 3. The second kappa shape index (κ2) is 5.08. The van der Waals surface area contributed by atoms with Gasteiger partial charge in [0.25, 0.3) is 0 Å². The summed E-state index contributed by atoms with van der Waals surface area (Å²) < 4.78 is 5.31. The van der Waals surface area contributed by atoms with E-state index in [1.165, 1.54) is 0 Å². The van der Waals surface area contributed by atoms with Crippen LogP contribution >= 0.6 is 0 Å². The molecule has 4 N–H and O–H groups in total. The Kier molecular flexibility index (Phi) is 3.99. The van der Waals surface area contributed by atoms with Crippen LogP contribution in [0, 0.1) is 12.8 Å². The molecule has 94 valence electrons. The highest BCUT2D eigenvalue weighted by molar-refractivity contribution is 5.98. The first-order valence-electron chi connectivity index (χ1n) is 5.69. The second-order valence-electron chi connectivity index (χ2n) is 4.67. The molecule has 0 fully saturated rings. The fourth-order valence-corrected chi connectivity index (χ4v) is 1.36. The van der Waals surface area contributed by atoms with E-state index in [9.17, 15) is 4.79 Å². The molecule has 4 heteroatoms. The number of nitrogens with two attached hydrogens (primary N) is 2. The van der Waals surface area contributed by atoms with Gasteiger partial charge in [-0.25, -0.2) is 4.79 Å². The predicted octanol–water partition coefficient (Wildman–Crippen LogP) is 2.36. The highest BCUT2D eigenvalue weighted by Gasteiger charge is 2.18. The Morgan fingerprint density at radius 1 is 1.24 bits per heavy atom. The third kappa shape index (κ3) is 3.12. The average molecular weight is 236 g/mol. The number of benzene rings is 1. The van der Waals surface area contributed by atoms with Crippen LogP contribution < -0.4 is 11.5 Å². The molecular formula is C13H20N2O2. The molecule has 1 atom stereocenters. The van der Waals surface area contributed by atoms with Crippen LogP contribution in [0.3, 0.4) is 0 Å². The molecule has 1 rings (SSSR count). The molecule has 0 amide bonds. The summed E-state index contributed by atoms with van der Waals surface area (Å²) in [5.74, 6) is -0.151. The first-order chi connectivity index (χ1) is 7.82. The fraction of sp³-hybridized carbons (Fsp3) is 0.462. The number of aryl methyl sites for hydroxylation is 1. The zero-order chi connectivity index (χ0) is 13.2. The van der Waals surface area contributed by atoms with Crippen LogP contribution in [0.15, 0.2) is 12.1 Å². The maximum atomic E-state index is 11.9. The minimum Gasteiger partial charge on any atom is -0.459 e. The molecule has 0 aliphatic rings. The average Bonchev–Trinajstić information content (AvgIpc) is 2.22. The standard InChI is InChI=1S/C13H20N2O2/c1-7(2)9(4)17-13(16)10-5-8(3)6-11(14)12(10)15/h5-7,9H,14-15H2,1-4H3. The maximum absolute atomic E-state index is 11.9. The zero-order valence-electron chi connectivity index (χ0n) is 10.8. The molecule has 0 aliphatic carbocycles. The van der Waals surface area contributed by atoms with Gasteiger partial charge >= 0.3 is 5.97 Å². The fourth-order valence-electron chi connectivity index (χ4n) is 1.36. The van der Waals surface area contributed by atoms with Crippen LogP contribution in [-0.2, 0) is 4.74 Å². The van der Waals surface area contributed by atoms with E-state index in [2.05, 4.69) is 0 Å². The van der Waals surface area contributed by atoms with Crippen LogP contribution in [0.1, 0.15) is 36.7 Å². The highest BCUT2D eigenvalue weighted by Crippen LogP contribution is 2.23. The Balaban J connectivity index is 2.97. The molecule has 0 heterocycles. The van der Waals surface area contributed by atoms with Gasteiger partial charge in [0, 0.05) is 0 Å². The Labute approximate surface area is 102 Å². The number of ether oxygens (including phenoxy) is 1. The van der Waals surface area contributed by atoms with Crippen molar-refractivity contribution in [1.82, 2.24) is 0 Å². The van der Waals surface area contributed by atoms with Crippen LogP contribution in [0.4, 0.5) is 11.4 Å². The van der Waals surface area contributed by atoms with Gasteiger partial charge in [-0.2, -0.15) is 0 Å². The molecule has 0 aromatic heterocycles. The monoisotopic (exact) mass is 236 g/mol. The number of carbonyl (C=O) groups excluding carboxylic acids is 1. The number of esters is 1. The Morgan fingerprint density at radius 3 is 2.35 bits per heavy atom. The van der Waals surface area contributed by atoms with Crippen LogP contribution in [0.5, 0.6) is 0 Å².